The lowest BCUT2D eigenvalue weighted by molar-refractivity contribution is 0.0939. The summed E-state index contributed by atoms with van der Waals surface area (Å²) in [4.78, 5) is 16.8. The number of rotatable bonds is 7. The quantitative estimate of drug-likeness (QED) is 0.537. The number of amides is 1. The van der Waals surface area contributed by atoms with Crippen molar-refractivity contribution in [1.82, 2.24) is 14.8 Å². The number of nitrogens with zero attached hydrogens (tertiary/aromatic N) is 2. The molecule has 0 spiro atoms. The van der Waals surface area contributed by atoms with Crippen LogP contribution in [0.15, 0.2) is 47.8 Å². The van der Waals surface area contributed by atoms with Crippen LogP contribution < -0.4 is 5.32 Å². The lowest BCUT2D eigenvalue weighted by atomic mass is 10.0. The summed E-state index contributed by atoms with van der Waals surface area (Å²) in [5, 5.41) is 6.41. The van der Waals surface area contributed by atoms with Crippen molar-refractivity contribution in [1.29, 1.82) is 0 Å². The summed E-state index contributed by atoms with van der Waals surface area (Å²) in [7, 11) is 0. The zero-order chi connectivity index (χ0) is 20.2. The molecule has 29 heavy (non-hydrogen) atoms. The van der Waals surface area contributed by atoms with Crippen molar-refractivity contribution >= 4 is 27.5 Å². The van der Waals surface area contributed by atoms with Gasteiger partial charge in [-0.2, -0.15) is 0 Å². The molecule has 1 aliphatic rings. The zero-order valence-electron chi connectivity index (χ0n) is 17.4. The Morgan fingerprint density at radius 3 is 2.86 bits per heavy atom. The number of thiophene rings is 1. The van der Waals surface area contributed by atoms with Crippen LogP contribution in [-0.4, -0.2) is 41.1 Å². The molecule has 1 fully saturated rings. The fourth-order valence-electron chi connectivity index (χ4n) is 4.45. The van der Waals surface area contributed by atoms with Crippen LogP contribution in [0, 0.1) is 0 Å². The Bertz CT molecular complexity index is 946. The van der Waals surface area contributed by atoms with Gasteiger partial charge in [-0.05, 0) is 62.7 Å². The number of carbonyl (C=O) groups is 1. The maximum absolute atomic E-state index is 13.0. The molecule has 4 rings (SSSR count). The van der Waals surface area contributed by atoms with Crippen LogP contribution in [-0.2, 0) is 0 Å². The van der Waals surface area contributed by atoms with Gasteiger partial charge in [0.15, 0.2) is 0 Å². The van der Waals surface area contributed by atoms with Gasteiger partial charge in [-0.3, -0.25) is 4.79 Å². The molecule has 0 unspecified atom stereocenters. The highest BCUT2D eigenvalue weighted by Crippen LogP contribution is 2.31. The monoisotopic (exact) mass is 409 g/mol. The molecule has 1 N–H and O–H groups in total. The maximum Gasteiger partial charge on any atom is 0.267 e. The molecule has 1 amide bonds. The number of likely N-dealkylation sites (tertiary alicyclic amines) is 1. The SMILES string of the molecule is C[C@@H]1CCCCN1CCCNC(=O)c1cc2ccsc2n1[C@@H](C)c1ccccc1. The Balaban J connectivity index is 1.44. The van der Waals surface area contributed by atoms with Gasteiger partial charge in [0.05, 0.1) is 6.04 Å². The van der Waals surface area contributed by atoms with Gasteiger partial charge in [0.1, 0.15) is 10.5 Å². The molecule has 1 aliphatic heterocycles. The number of hydrogen-bond acceptors (Lipinski definition) is 3. The third-order valence-corrected chi connectivity index (χ3v) is 7.12. The van der Waals surface area contributed by atoms with Gasteiger partial charge in [0, 0.05) is 24.5 Å². The first kappa shape index (κ1) is 20.2. The van der Waals surface area contributed by atoms with Crippen molar-refractivity contribution in [3.63, 3.8) is 0 Å². The molecule has 1 aromatic carbocycles. The van der Waals surface area contributed by atoms with E-state index in [1.165, 1.54) is 31.4 Å². The molecule has 0 bridgehead atoms. The highest BCUT2D eigenvalue weighted by atomic mass is 32.1. The van der Waals surface area contributed by atoms with E-state index in [2.05, 4.69) is 64.3 Å². The van der Waals surface area contributed by atoms with Gasteiger partial charge in [-0.15, -0.1) is 11.3 Å². The van der Waals surface area contributed by atoms with E-state index in [0.717, 1.165) is 35.4 Å². The van der Waals surface area contributed by atoms with Crippen LogP contribution in [0.25, 0.3) is 10.2 Å². The first-order valence-electron chi connectivity index (χ1n) is 10.8. The summed E-state index contributed by atoms with van der Waals surface area (Å²) in [6.07, 6.45) is 4.95. The molecule has 3 aromatic rings. The summed E-state index contributed by atoms with van der Waals surface area (Å²) >= 11 is 1.70. The first-order chi connectivity index (χ1) is 14.1. The minimum absolute atomic E-state index is 0.0304. The molecule has 2 aromatic heterocycles. The largest absolute Gasteiger partial charge is 0.351 e. The number of piperidine rings is 1. The Labute approximate surface area is 177 Å². The molecule has 2 atom stereocenters. The second-order valence-electron chi connectivity index (χ2n) is 8.16. The fraction of sp³-hybridized carbons (Fsp3) is 0.458. The fourth-order valence-corrected chi connectivity index (χ4v) is 5.42. The average molecular weight is 410 g/mol. The Morgan fingerprint density at radius 2 is 2.07 bits per heavy atom. The van der Waals surface area contributed by atoms with Crippen molar-refractivity contribution in [2.24, 2.45) is 0 Å². The average Bonchev–Trinajstić information content (AvgIpc) is 3.33. The number of hydrogen-bond donors (Lipinski definition) is 1. The van der Waals surface area contributed by atoms with Gasteiger partial charge in [-0.25, -0.2) is 0 Å². The first-order valence-corrected chi connectivity index (χ1v) is 11.7. The minimum Gasteiger partial charge on any atom is -0.351 e. The van der Waals surface area contributed by atoms with Crippen molar-refractivity contribution < 1.29 is 4.79 Å². The summed E-state index contributed by atoms with van der Waals surface area (Å²) in [5.41, 5.74) is 1.97. The Hall–Kier alpha value is -2.11. The van der Waals surface area contributed by atoms with Crippen molar-refractivity contribution in [3.05, 3.63) is 59.1 Å². The van der Waals surface area contributed by atoms with E-state index in [4.69, 9.17) is 0 Å². The van der Waals surface area contributed by atoms with Crippen LogP contribution in [0.4, 0.5) is 0 Å². The van der Waals surface area contributed by atoms with Crippen LogP contribution >= 0.6 is 11.3 Å². The summed E-state index contributed by atoms with van der Waals surface area (Å²) in [5.74, 6) is 0.0304. The molecule has 1 saturated heterocycles. The topological polar surface area (TPSA) is 37.3 Å². The predicted octanol–water partition coefficient (Wildman–Crippen LogP) is 5.31. The molecule has 154 valence electrons. The molecule has 0 aliphatic carbocycles. The molecular weight excluding hydrogens is 378 g/mol. The van der Waals surface area contributed by atoms with E-state index < -0.39 is 0 Å². The van der Waals surface area contributed by atoms with Crippen molar-refractivity contribution in [2.75, 3.05) is 19.6 Å². The van der Waals surface area contributed by atoms with Crippen LogP contribution in [0.1, 0.15) is 61.6 Å². The number of nitrogens with one attached hydrogen (secondary N) is 1. The summed E-state index contributed by atoms with van der Waals surface area (Å²) in [6, 6.07) is 15.3. The second kappa shape index (κ2) is 9.14. The highest BCUT2D eigenvalue weighted by Gasteiger charge is 2.21. The lowest BCUT2D eigenvalue weighted by Gasteiger charge is -2.33. The number of benzene rings is 1. The van der Waals surface area contributed by atoms with E-state index in [1.807, 2.05) is 12.1 Å². The lowest BCUT2D eigenvalue weighted by Crippen LogP contribution is -2.39. The van der Waals surface area contributed by atoms with E-state index in [1.54, 1.807) is 11.3 Å². The van der Waals surface area contributed by atoms with Gasteiger partial charge in [-0.1, -0.05) is 36.8 Å². The third-order valence-electron chi connectivity index (χ3n) is 6.19. The molecular formula is C24H31N3OS. The van der Waals surface area contributed by atoms with Crippen LogP contribution in [0.5, 0.6) is 0 Å². The maximum atomic E-state index is 13.0. The zero-order valence-corrected chi connectivity index (χ0v) is 18.3. The molecule has 5 heteroatoms. The molecule has 3 heterocycles. The number of aromatic nitrogens is 1. The summed E-state index contributed by atoms with van der Waals surface area (Å²) in [6.45, 7) is 7.48. The van der Waals surface area contributed by atoms with Crippen LogP contribution in [0.2, 0.25) is 0 Å². The van der Waals surface area contributed by atoms with Gasteiger partial charge >= 0.3 is 0 Å². The van der Waals surface area contributed by atoms with Crippen molar-refractivity contribution in [3.8, 4) is 0 Å². The molecule has 0 radical (unpaired) electrons. The normalized spacial score (nSPS) is 18.8. The smallest absolute Gasteiger partial charge is 0.267 e. The second-order valence-corrected chi connectivity index (χ2v) is 9.05. The van der Waals surface area contributed by atoms with E-state index in [0.29, 0.717) is 6.04 Å². The van der Waals surface area contributed by atoms with Crippen LogP contribution in [0.3, 0.4) is 0 Å². The van der Waals surface area contributed by atoms with Gasteiger partial charge in [0.25, 0.3) is 5.91 Å². The van der Waals surface area contributed by atoms with Crippen molar-refractivity contribution in [2.45, 2.75) is 51.6 Å². The predicted molar refractivity (Wildman–Crippen MR) is 122 cm³/mol. The van der Waals surface area contributed by atoms with E-state index in [9.17, 15) is 4.79 Å². The van der Waals surface area contributed by atoms with E-state index >= 15 is 0 Å². The standard InChI is InChI=1S/C24H31N3OS/c1-18-9-6-7-14-26(18)15-8-13-25-23(28)22-17-21-12-16-29-24(21)27(22)19(2)20-10-4-3-5-11-20/h3-5,10-12,16-19H,6-9,13-15H2,1-2H3,(H,25,28)/t18-,19+/m1/s1. The molecule has 4 nitrogen and oxygen atoms in total. The highest BCUT2D eigenvalue weighted by molar-refractivity contribution is 7.16. The molecule has 0 saturated carbocycles. The Morgan fingerprint density at radius 1 is 1.24 bits per heavy atom. The number of carbonyl (C=O) groups excluding carboxylic acids is 1. The van der Waals surface area contributed by atoms with Gasteiger partial charge in [0.2, 0.25) is 0 Å². The minimum atomic E-state index is 0.0304. The number of fused-ring (bicyclic) bond motifs is 1. The third kappa shape index (κ3) is 4.41. The Kier molecular flexibility index (Phi) is 6.36. The summed E-state index contributed by atoms with van der Waals surface area (Å²) < 4.78 is 2.19. The van der Waals surface area contributed by atoms with E-state index in [-0.39, 0.29) is 11.9 Å². The van der Waals surface area contributed by atoms with Gasteiger partial charge < -0.3 is 14.8 Å².